The van der Waals surface area contributed by atoms with Crippen LogP contribution in [0, 0.1) is 0 Å². The van der Waals surface area contributed by atoms with E-state index in [1.807, 2.05) is 0 Å². The topological polar surface area (TPSA) is 54.4 Å². The third-order valence-electron chi connectivity index (χ3n) is 0.365. The molecule has 3 nitrogen and oxygen atoms in total. The van der Waals surface area contributed by atoms with E-state index in [4.69, 9.17) is 4.55 Å². The van der Waals surface area contributed by atoms with Gasteiger partial charge < -0.3 is 0 Å². The third-order valence-corrected chi connectivity index (χ3v) is 1.09. The Balaban J connectivity index is 0. The molecule has 0 aromatic rings. The van der Waals surface area contributed by atoms with Gasteiger partial charge in [-0.05, 0) is 6.92 Å². The van der Waals surface area contributed by atoms with Gasteiger partial charge in [0.2, 0.25) is 0 Å². The Labute approximate surface area is 61.6 Å². The van der Waals surface area contributed by atoms with Crippen molar-refractivity contribution in [3.63, 3.8) is 0 Å². The number of hydrogen-bond acceptors (Lipinski definition) is 2. The van der Waals surface area contributed by atoms with E-state index in [0.717, 1.165) is 0 Å². The maximum Gasteiger partial charge on any atom is 0.264 e. The maximum atomic E-state index is 9.56. The van der Waals surface area contributed by atoms with Gasteiger partial charge in [0.25, 0.3) is 10.1 Å². The molecule has 0 unspecified atom stereocenters. The second-order valence-corrected chi connectivity index (χ2v) is 2.61. The average molecular weight is 225 g/mol. The molecule has 0 aromatic carbocycles. The fraction of sp³-hybridized carbons (Fsp3) is 1.00. The molecule has 0 aromatic heterocycles. The van der Waals surface area contributed by atoms with Crippen molar-refractivity contribution < 1.29 is 13.0 Å². The van der Waals surface area contributed by atoms with Crippen molar-refractivity contribution in [3.8, 4) is 0 Å². The molecule has 0 bridgehead atoms. The minimum absolute atomic E-state index is 0. The molecule has 3 radical (unpaired) electrons. The summed E-state index contributed by atoms with van der Waals surface area (Å²) in [7, 11) is -3.66. The first-order chi connectivity index (χ1) is 2.56. The van der Waals surface area contributed by atoms with E-state index in [9.17, 15) is 8.42 Å². The van der Waals surface area contributed by atoms with Crippen molar-refractivity contribution in [1.29, 1.82) is 0 Å². The van der Waals surface area contributed by atoms with Crippen LogP contribution in [0.1, 0.15) is 6.92 Å². The minimum Gasteiger partial charge on any atom is -0.286 e. The Morgan fingerprint density at radius 2 is 1.71 bits per heavy atom. The summed E-state index contributed by atoms with van der Waals surface area (Å²) in [5.74, 6) is -0.201. The standard InChI is InChI=1S/C2H6O3S.In/c1-2-6(3,4)5;/h2H2,1H3,(H,3,4,5);. The molecular formula is C2H6InO3S. The summed E-state index contributed by atoms with van der Waals surface area (Å²) in [6.07, 6.45) is 0. The van der Waals surface area contributed by atoms with Gasteiger partial charge in [0.1, 0.15) is 0 Å². The van der Waals surface area contributed by atoms with Gasteiger partial charge in [0.05, 0.1) is 5.75 Å². The molecule has 0 spiro atoms. The average Bonchev–Trinajstić information content (AvgIpc) is 1.35. The van der Waals surface area contributed by atoms with Gasteiger partial charge >= 0.3 is 0 Å². The normalized spacial score (nSPS) is 10.0. The molecule has 0 rings (SSSR count). The smallest absolute Gasteiger partial charge is 0.264 e. The second-order valence-electron chi connectivity index (χ2n) is 0.871. The van der Waals surface area contributed by atoms with Crippen LogP contribution in [0.5, 0.6) is 0 Å². The SMILES string of the molecule is CCS(=O)(=O)O.[In]. The molecule has 0 aliphatic heterocycles. The van der Waals surface area contributed by atoms with E-state index in [-0.39, 0.29) is 31.6 Å². The second kappa shape index (κ2) is 3.74. The van der Waals surface area contributed by atoms with Crippen LogP contribution in [0.15, 0.2) is 0 Å². The summed E-state index contributed by atoms with van der Waals surface area (Å²) in [5, 5.41) is 0. The monoisotopic (exact) mass is 225 g/mol. The van der Waals surface area contributed by atoms with Gasteiger partial charge in [-0.15, -0.1) is 0 Å². The molecule has 0 atom stereocenters. The number of hydrogen-bond donors (Lipinski definition) is 1. The van der Waals surface area contributed by atoms with Gasteiger partial charge in [-0.2, -0.15) is 8.42 Å². The van der Waals surface area contributed by atoms with E-state index in [1.54, 1.807) is 0 Å². The molecule has 41 valence electrons. The Hall–Kier alpha value is 0.780. The minimum atomic E-state index is -3.66. The Morgan fingerprint density at radius 3 is 1.71 bits per heavy atom. The molecule has 1 N–H and O–H groups in total. The largest absolute Gasteiger partial charge is 0.286 e. The molecule has 0 fully saturated rings. The van der Waals surface area contributed by atoms with Crippen LogP contribution in [-0.4, -0.2) is 44.6 Å². The molecule has 5 heteroatoms. The Kier molecular flexibility index (Phi) is 5.72. The van der Waals surface area contributed by atoms with E-state index in [1.165, 1.54) is 6.92 Å². The fourth-order valence-electron chi connectivity index (χ4n) is 0. The van der Waals surface area contributed by atoms with Gasteiger partial charge in [-0.3, -0.25) is 4.55 Å². The summed E-state index contributed by atoms with van der Waals surface area (Å²) in [6, 6.07) is 0. The molecule has 0 heterocycles. The Morgan fingerprint density at radius 1 is 1.57 bits per heavy atom. The molecule has 0 amide bonds. The maximum absolute atomic E-state index is 9.56. The summed E-state index contributed by atoms with van der Waals surface area (Å²) in [4.78, 5) is 0. The van der Waals surface area contributed by atoms with Crippen LogP contribution >= 0.6 is 0 Å². The van der Waals surface area contributed by atoms with E-state index in [0.29, 0.717) is 0 Å². The fourth-order valence-corrected chi connectivity index (χ4v) is 0. The zero-order valence-electron chi connectivity index (χ0n) is 3.96. The van der Waals surface area contributed by atoms with E-state index < -0.39 is 10.1 Å². The van der Waals surface area contributed by atoms with Gasteiger partial charge in [0.15, 0.2) is 0 Å². The van der Waals surface area contributed by atoms with Crippen molar-refractivity contribution >= 4 is 36.0 Å². The van der Waals surface area contributed by atoms with Crippen LogP contribution < -0.4 is 0 Å². The van der Waals surface area contributed by atoms with E-state index in [2.05, 4.69) is 0 Å². The third kappa shape index (κ3) is 10.8. The predicted molar refractivity (Wildman–Crippen MR) is 27.8 cm³/mol. The van der Waals surface area contributed by atoms with Crippen molar-refractivity contribution in [1.82, 2.24) is 0 Å². The zero-order chi connectivity index (χ0) is 5.21. The van der Waals surface area contributed by atoms with Crippen LogP contribution in [0.4, 0.5) is 0 Å². The van der Waals surface area contributed by atoms with Crippen LogP contribution in [0.2, 0.25) is 0 Å². The zero-order valence-corrected chi connectivity index (χ0v) is 8.07. The van der Waals surface area contributed by atoms with Gasteiger partial charge in [-0.1, -0.05) is 0 Å². The molecular weight excluding hydrogens is 219 g/mol. The first-order valence-corrected chi connectivity index (χ1v) is 3.12. The molecule has 0 saturated heterocycles. The van der Waals surface area contributed by atoms with Crippen molar-refractivity contribution in [2.45, 2.75) is 6.92 Å². The Bertz CT molecular complexity index is 115. The molecule has 0 aliphatic carbocycles. The first kappa shape index (κ1) is 10.7. The number of rotatable bonds is 1. The van der Waals surface area contributed by atoms with Crippen molar-refractivity contribution in [2.24, 2.45) is 0 Å². The van der Waals surface area contributed by atoms with Crippen molar-refractivity contribution in [2.75, 3.05) is 5.75 Å². The molecule has 7 heavy (non-hydrogen) atoms. The van der Waals surface area contributed by atoms with Gasteiger partial charge in [-0.25, -0.2) is 0 Å². The first-order valence-electron chi connectivity index (χ1n) is 1.51. The van der Waals surface area contributed by atoms with Crippen LogP contribution in [0.25, 0.3) is 0 Å². The van der Waals surface area contributed by atoms with Gasteiger partial charge in [0, 0.05) is 25.8 Å². The molecule has 0 aliphatic rings. The van der Waals surface area contributed by atoms with Crippen LogP contribution in [-0.2, 0) is 10.1 Å². The molecule has 0 saturated carbocycles. The van der Waals surface area contributed by atoms with E-state index >= 15 is 0 Å². The van der Waals surface area contributed by atoms with Crippen molar-refractivity contribution in [3.05, 3.63) is 0 Å². The summed E-state index contributed by atoms with van der Waals surface area (Å²) in [5.41, 5.74) is 0. The summed E-state index contributed by atoms with van der Waals surface area (Å²) in [6.45, 7) is 1.37. The predicted octanol–water partition coefficient (Wildman–Crippen LogP) is -0.487. The van der Waals surface area contributed by atoms with Crippen LogP contribution in [0.3, 0.4) is 0 Å². The quantitative estimate of drug-likeness (QED) is 0.612. The summed E-state index contributed by atoms with van der Waals surface area (Å²) >= 11 is 0. The summed E-state index contributed by atoms with van der Waals surface area (Å²) < 4.78 is 26.9.